The Labute approximate surface area is 131 Å². The first kappa shape index (κ1) is 14.7. The monoisotopic (exact) mass is 294 g/mol. The van der Waals surface area contributed by atoms with Crippen molar-refractivity contribution in [2.45, 2.75) is 12.5 Å². The van der Waals surface area contributed by atoms with Crippen LogP contribution in [0.1, 0.15) is 18.1 Å². The van der Waals surface area contributed by atoms with E-state index in [1.807, 2.05) is 13.1 Å². The molecule has 1 aromatic heterocycles. The second-order valence-corrected chi connectivity index (χ2v) is 5.56. The third-order valence-electron chi connectivity index (χ3n) is 3.96. The van der Waals surface area contributed by atoms with Gasteiger partial charge in [0.2, 0.25) is 0 Å². The van der Waals surface area contributed by atoms with Gasteiger partial charge in [-0.25, -0.2) is 0 Å². The fourth-order valence-electron chi connectivity index (χ4n) is 2.73. The lowest BCUT2D eigenvalue weighted by molar-refractivity contribution is 0.195. The van der Waals surface area contributed by atoms with Crippen molar-refractivity contribution in [1.29, 1.82) is 0 Å². The van der Waals surface area contributed by atoms with Crippen LogP contribution in [-0.4, -0.2) is 18.2 Å². The number of aromatic nitrogens is 1. The summed E-state index contributed by atoms with van der Waals surface area (Å²) < 4.78 is 8.39. The van der Waals surface area contributed by atoms with Crippen LogP contribution >= 0.6 is 0 Å². The molecule has 0 saturated carbocycles. The van der Waals surface area contributed by atoms with E-state index >= 15 is 0 Å². The van der Waals surface area contributed by atoms with Gasteiger partial charge in [0.1, 0.15) is 11.9 Å². The van der Waals surface area contributed by atoms with Gasteiger partial charge in [-0.15, -0.1) is 0 Å². The third kappa shape index (κ3) is 3.15. The first-order chi connectivity index (χ1) is 10.8. The van der Waals surface area contributed by atoms with Gasteiger partial charge in [-0.2, -0.15) is 0 Å². The SMILES string of the molecule is CNCC[C@H](Oc1ccc2c(ccn2C)c1)c1ccccc1. The van der Waals surface area contributed by atoms with Crippen molar-refractivity contribution in [3.05, 3.63) is 66.4 Å². The Hall–Kier alpha value is -2.26. The Morgan fingerprint density at radius 1 is 1.09 bits per heavy atom. The maximum Gasteiger partial charge on any atom is 0.125 e. The smallest absolute Gasteiger partial charge is 0.125 e. The van der Waals surface area contributed by atoms with Crippen molar-refractivity contribution < 1.29 is 4.74 Å². The van der Waals surface area contributed by atoms with Crippen LogP contribution in [0.2, 0.25) is 0 Å². The van der Waals surface area contributed by atoms with Gasteiger partial charge in [-0.3, -0.25) is 0 Å². The maximum absolute atomic E-state index is 6.27. The number of hydrogen-bond donors (Lipinski definition) is 1. The normalized spacial score (nSPS) is 12.5. The first-order valence-corrected chi connectivity index (χ1v) is 7.69. The molecule has 1 heterocycles. The summed E-state index contributed by atoms with van der Waals surface area (Å²) in [5, 5.41) is 4.41. The molecule has 3 aromatic rings. The summed E-state index contributed by atoms with van der Waals surface area (Å²) in [6, 6.07) is 18.8. The van der Waals surface area contributed by atoms with E-state index in [4.69, 9.17) is 4.74 Å². The van der Waals surface area contributed by atoms with Crippen LogP contribution in [0.25, 0.3) is 10.9 Å². The van der Waals surface area contributed by atoms with Crippen molar-refractivity contribution in [3.63, 3.8) is 0 Å². The second kappa shape index (κ2) is 6.67. The topological polar surface area (TPSA) is 26.2 Å². The summed E-state index contributed by atoms with van der Waals surface area (Å²) in [5.41, 5.74) is 2.43. The van der Waals surface area contributed by atoms with E-state index < -0.39 is 0 Å². The molecule has 1 atom stereocenters. The molecule has 114 valence electrons. The fraction of sp³-hybridized carbons (Fsp3) is 0.263. The maximum atomic E-state index is 6.27. The standard InChI is InChI=1S/C19H22N2O/c1-20-12-10-19(15-6-4-3-5-7-15)22-17-8-9-18-16(14-17)11-13-21(18)2/h3-9,11,13-14,19-20H,10,12H2,1-2H3/t19-/m0/s1. The molecule has 0 bridgehead atoms. The molecule has 0 aliphatic rings. The van der Waals surface area contributed by atoms with Gasteiger partial charge in [-0.05, 0) is 43.4 Å². The summed E-state index contributed by atoms with van der Waals surface area (Å²) in [7, 11) is 4.03. The summed E-state index contributed by atoms with van der Waals surface area (Å²) in [5.74, 6) is 0.920. The highest BCUT2D eigenvalue weighted by Gasteiger charge is 2.13. The average molecular weight is 294 g/mol. The lowest BCUT2D eigenvalue weighted by atomic mass is 10.1. The third-order valence-corrected chi connectivity index (χ3v) is 3.96. The number of aryl methyl sites for hydroxylation is 1. The zero-order valence-corrected chi connectivity index (χ0v) is 13.1. The molecule has 3 heteroatoms. The van der Waals surface area contributed by atoms with Gasteiger partial charge in [0.05, 0.1) is 0 Å². The molecule has 2 aromatic carbocycles. The van der Waals surface area contributed by atoms with E-state index in [0.29, 0.717) is 0 Å². The molecular weight excluding hydrogens is 272 g/mol. The van der Waals surface area contributed by atoms with Crippen LogP contribution in [0.3, 0.4) is 0 Å². The molecule has 0 spiro atoms. The molecule has 3 rings (SSSR count). The molecule has 0 radical (unpaired) electrons. The molecule has 0 saturated heterocycles. The molecule has 0 unspecified atom stereocenters. The summed E-state index contributed by atoms with van der Waals surface area (Å²) in [4.78, 5) is 0. The summed E-state index contributed by atoms with van der Waals surface area (Å²) in [6.07, 6.45) is 3.08. The number of rotatable bonds is 6. The fourth-order valence-corrected chi connectivity index (χ4v) is 2.73. The van der Waals surface area contributed by atoms with Gasteiger partial charge in [0.25, 0.3) is 0 Å². The average Bonchev–Trinajstić information content (AvgIpc) is 2.93. The van der Waals surface area contributed by atoms with Crippen molar-refractivity contribution >= 4 is 10.9 Å². The first-order valence-electron chi connectivity index (χ1n) is 7.69. The molecular formula is C19H22N2O. The van der Waals surface area contributed by atoms with E-state index in [1.54, 1.807) is 0 Å². The summed E-state index contributed by atoms with van der Waals surface area (Å²) >= 11 is 0. The minimum absolute atomic E-state index is 0.0646. The largest absolute Gasteiger partial charge is 0.486 e. The van der Waals surface area contributed by atoms with Crippen LogP contribution in [0.4, 0.5) is 0 Å². The minimum Gasteiger partial charge on any atom is -0.486 e. The highest BCUT2D eigenvalue weighted by Crippen LogP contribution is 2.27. The lowest BCUT2D eigenvalue weighted by Gasteiger charge is -2.20. The van der Waals surface area contributed by atoms with Gasteiger partial charge in [0, 0.05) is 30.6 Å². The Kier molecular flexibility index (Phi) is 4.45. The van der Waals surface area contributed by atoms with E-state index in [2.05, 4.69) is 71.7 Å². The van der Waals surface area contributed by atoms with Crippen LogP contribution in [0.5, 0.6) is 5.75 Å². The molecule has 0 aliphatic heterocycles. The number of ether oxygens (including phenoxy) is 1. The predicted octanol–water partition coefficient (Wildman–Crippen LogP) is 3.91. The zero-order chi connectivity index (χ0) is 15.4. The number of benzene rings is 2. The van der Waals surface area contributed by atoms with Crippen LogP contribution in [-0.2, 0) is 7.05 Å². The summed E-state index contributed by atoms with van der Waals surface area (Å²) in [6.45, 7) is 0.924. The van der Waals surface area contributed by atoms with E-state index in [-0.39, 0.29) is 6.10 Å². The lowest BCUT2D eigenvalue weighted by Crippen LogP contribution is -2.16. The van der Waals surface area contributed by atoms with Gasteiger partial charge in [0.15, 0.2) is 0 Å². The van der Waals surface area contributed by atoms with Crippen molar-refractivity contribution in [2.24, 2.45) is 7.05 Å². The molecule has 0 amide bonds. The Bertz CT molecular complexity index is 734. The zero-order valence-electron chi connectivity index (χ0n) is 13.1. The van der Waals surface area contributed by atoms with Crippen LogP contribution in [0.15, 0.2) is 60.8 Å². The number of fused-ring (bicyclic) bond motifs is 1. The number of hydrogen-bond acceptors (Lipinski definition) is 2. The minimum atomic E-state index is 0.0646. The molecule has 22 heavy (non-hydrogen) atoms. The van der Waals surface area contributed by atoms with E-state index in [0.717, 1.165) is 18.7 Å². The van der Waals surface area contributed by atoms with Crippen molar-refractivity contribution in [1.82, 2.24) is 9.88 Å². The Balaban J connectivity index is 1.84. The molecule has 1 N–H and O–H groups in total. The molecule has 0 fully saturated rings. The molecule has 3 nitrogen and oxygen atoms in total. The Morgan fingerprint density at radius 3 is 2.68 bits per heavy atom. The predicted molar refractivity (Wildman–Crippen MR) is 91.3 cm³/mol. The van der Waals surface area contributed by atoms with Gasteiger partial charge in [-0.1, -0.05) is 30.3 Å². The highest BCUT2D eigenvalue weighted by molar-refractivity contribution is 5.81. The van der Waals surface area contributed by atoms with Crippen LogP contribution in [0, 0.1) is 0 Å². The van der Waals surface area contributed by atoms with Gasteiger partial charge < -0.3 is 14.6 Å². The highest BCUT2D eigenvalue weighted by atomic mass is 16.5. The number of nitrogens with zero attached hydrogens (tertiary/aromatic N) is 1. The van der Waals surface area contributed by atoms with Crippen molar-refractivity contribution in [2.75, 3.05) is 13.6 Å². The van der Waals surface area contributed by atoms with Crippen molar-refractivity contribution in [3.8, 4) is 5.75 Å². The van der Waals surface area contributed by atoms with E-state index in [1.165, 1.54) is 16.5 Å². The Morgan fingerprint density at radius 2 is 1.91 bits per heavy atom. The van der Waals surface area contributed by atoms with Crippen LogP contribution < -0.4 is 10.1 Å². The quantitative estimate of drug-likeness (QED) is 0.746. The molecule has 0 aliphatic carbocycles. The van der Waals surface area contributed by atoms with Gasteiger partial charge >= 0.3 is 0 Å². The van der Waals surface area contributed by atoms with E-state index in [9.17, 15) is 0 Å². The second-order valence-electron chi connectivity index (χ2n) is 5.56. The number of nitrogens with one attached hydrogen (secondary N) is 1.